The Kier molecular flexibility index (Phi) is 0.449. The lowest BCUT2D eigenvalue weighted by Crippen LogP contribution is -1.66. The van der Waals surface area contributed by atoms with E-state index in [9.17, 15) is 0 Å². The first-order valence-electron chi connectivity index (χ1n) is 1.51. The predicted octanol–water partition coefficient (Wildman–Crippen LogP) is 0.894. The van der Waals surface area contributed by atoms with Crippen molar-refractivity contribution in [2.75, 3.05) is 5.65 Å². The van der Waals surface area contributed by atoms with Gasteiger partial charge in [0.25, 0.3) is 0 Å². The van der Waals surface area contributed by atoms with Gasteiger partial charge >= 0.3 is 0 Å². The quantitative estimate of drug-likeness (QED) is 0.302. The van der Waals surface area contributed by atoms with Crippen LogP contribution in [-0.4, -0.2) is 11.6 Å². The highest BCUT2D eigenvalue weighted by atomic mass is 32.2. The van der Waals surface area contributed by atoms with E-state index in [4.69, 9.17) is 0 Å². The summed E-state index contributed by atoms with van der Waals surface area (Å²) in [5.74, 6) is 1.000. The van der Waals surface area contributed by atoms with Crippen LogP contribution in [-0.2, 0) is 0 Å². The molecule has 1 fully saturated rings. The lowest BCUT2D eigenvalue weighted by Gasteiger charge is -1.41. The van der Waals surface area contributed by atoms with Crippen molar-refractivity contribution in [3.05, 3.63) is 0 Å². The molecule has 0 nitrogen and oxygen atoms in total. The second kappa shape index (κ2) is 0.679. The molecule has 22 valence electrons. The summed E-state index contributed by atoms with van der Waals surface area (Å²) in [7, 11) is 0. The first-order chi connectivity index (χ1) is 1.89. The van der Waals surface area contributed by atoms with Crippen LogP contribution in [0.3, 0.4) is 0 Å². The highest BCUT2D eigenvalue weighted by Gasteiger charge is 2.19. The fraction of sp³-hybridized carbons (Fsp3) is 1.00. The zero-order valence-electron chi connectivity index (χ0n) is 2.69. The van der Waals surface area contributed by atoms with Gasteiger partial charge in [0, 0.05) is 0 Å². The summed E-state index contributed by atoms with van der Waals surface area (Å²) in [6.45, 7) is 2.24. The van der Waals surface area contributed by atoms with Gasteiger partial charge in [-0.1, -0.05) is 6.82 Å². The zero-order chi connectivity index (χ0) is 2.99. The molecule has 1 rings (SSSR count). The maximum atomic E-state index is 2.24. The molecule has 0 atom stereocenters. The van der Waals surface area contributed by atoms with E-state index in [1.54, 1.807) is 0 Å². The summed E-state index contributed by atoms with van der Waals surface area (Å²) < 4.78 is 0. The molecule has 0 N–H and O–H groups in total. The standard InChI is InChI=1S/C2H5BS/c1-3-2-4-3/h2H2,1H3. The highest BCUT2D eigenvalue weighted by molar-refractivity contribution is 8.38. The Morgan fingerprint density at radius 2 is 2.25 bits per heavy atom. The molecule has 1 saturated heterocycles. The first-order valence-corrected chi connectivity index (χ1v) is 2.56. The van der Waals surface area contributed by atoms with Crippen molar-refractivity contribution in [3.8, 4) is 0 Å². The molecule has 0 aromatic carbocycles. The van der Waals surface area contributed by atoms with Crippen molar-refractivity contribution in [2.45, 2.75) is 6.82 Å². The highest BCUT2D eigenvalue weighted by Crippen LogP contribution is 2.23. The van der Waals surface area contributed by atoms with Crippen molar-refractivity contribution in [1.29, 1.82) is 0 Å². The van der Waals surface area contributed by atoms with Gasteiger partial charge in [-0.3, -0.25) is 0 Å². The number of hydrogen-bond donors (Lipinski definition) is 0. The molecule has 0 saturated carbocycles. The number of rotatable bonds is 0. The SMILES string of the molecule is CB1CS1. The first kappa shape index (κ1) is 2.64. The van der Waals surface area contributed by atoms with Gasteiger partial charge in [0.05, 0.1) is 0 Å². The van der Waals surface area contributed by atoms with Gasteiger partial charge < -0.3 is 0 Å². The van der Waals surface area contributed by atoms with E-state index in [1.807, 2.05) is 11.6 Å². The minimum atomic E-state index is 1.000. The van der Waals surface area contributed by atoms with Gasteiger partial charge in [0.2, 0.25) is 5.99 Å². The summed E-state index contributed by atoms with van der Waals surface area (Å²) in [4.78, 5) is 0. The van der Waals surface area contributed by atoms with Gasteiger partial charge in [-0.25, -0.2) is 11.6 Å². The van der Waals surface area contributed by atoms with Crippen LogP contribution in [0.25, 0.3) is 0 Å². The molecule has 0 aromatic heterocycles. The Morgan fingerprint density at radius 3 is 2.25 bits per heavy atom. The van der Waals surface area contributed by atoms with Crippen molar-refractivity contribution in [2.24, 2.45) is 0 Å². The van der Waals surface area contributed by atoms with Crippen LogP contribution in [0.4, 0.5) is 0 Å². The van der Waals surface area contributed by atoms with Crippen molar-refractivity contribution < 1.29 is 0 Å². The fourth-order valence-corrected chi connectivity index (χ4v) is 0.289. The van der Waals surface area contributed by atoms with E-state index in [0.717, 1.165) is 5.99 Å². The van der Waals surface area contributed by atoms with E-state index in [0.29, 0.717) is 0 Å². The third-order valence-electron chi connectivity index (χ3n) is 0.500. The van der Waals surface area contributed by atoms with Gasteiger partial charge in [-0.15, -0.1) is 0 Å². The minimum absolute atomic E-state index is 1.000. The van der Waals surface area contributed by atoms with E-state index in [2.05, 4.69) is 6.82 Å². The molecule has 1 aliphatic heterocycles. The van der Waals surface area contributed by atoms with Crippen LogP contribution in [0, 0.1) is 0 Å². The topological polar surface area (TPSA) is 0 Å². The molecule has 0 aliphatic carbocycles. The van der Waals surface area contributed by atoms with Gasteiger partial charge in [-0.2, -0.15) is 0 Å². The Hall–Kier alpha value is 0.415. The van der Waals surface area contributed by atoms with E-state index < -0.39 is 0 Å². The minimum Gasteiger partial charge on any atom is -0.216 e. The average Bonchev–Trinajstić information content (AvgIpc) is 1.75. The molecular formula is C2H5BS. The van der Waals surface area contributed by atoms with Gasteiger partial charge in [0.1, 0.15) is 0 Å². The lowest BCUT2D eigenvalue weighted by molar-refractivity contribution is 2.15. The van der Waals surface area contributed by atoms with E-state index in [1.165, 1.54) is 5.65 Å². The lowest BCUT2D eigenvalue weighted by atomic mass is 9.87. The summed E-state index contributed by atoms with van der Waals surface area (Å²) in [5, 5.41) is 0. The van der Waals surface area contributed by atoms with Crippen LogP contribution >= 0.6 is 11.6 Å². The molecule has 1 heterocycles. The van der Waals surface area contributed by atoms with Crippen molar-refractivity contribution in [3.63, 3.8) is 0 Å². The van der Waals surface area contributed by atoms with Crippen LogP contribution in [0.2, 0.25) is 6.82 Å². The molecule has 0 unspecified atom stereocenters. The van der Waals surface area contributed by atoms with E-state index >= 15 is 0 Å². The molecule has 2 heteroatoms. The van der Waals surface area contributed by atoms with Gasteiger partial charge in [-0.05, 0) is 5.65 Å². The van der Waals surface area contributed by atoms with Gasteiger partial charge in [0.15, 0.2) is 0 Å². The zero-order valence-corrected chi connectivity index (χ0v) is 3.51. The van der Waals surface area contributed by atoms with Crippen LogP contribution in [0.1, 0.15) is 0 Å². The van der Waals surface area contributed by atoms with E-state index in [-0.39, 0.29) is 0 Å². The monoisotopic (exact) mass is 72.0 g/mol. The third-order valence-corrected chi connectivity index (χ3v) is 1.50. The number of hydrogen-bond acceptors (Lipinski definition) is 1. The van der Waals surface area contributed by atoms with Crippen LogP contribution in [0.15, 0.2) is 0 Å². The Morgan fingerprint density at radius 1 is 2.00 bits per heavy atom. The Bertz CT molecular complexity index is 25.2. The summed E-state index contributed by atoms with van der Waals surface area (Å²) >= 11 is 2.02. The normalized spacial score (nSPS) is 21.8. The van der Waals surface area contributed by atoms with Crippen LogP contribution in [0.5, 0.6) is 0 Å². The maximum Gasteiger partial charge on any atom is 0.214 e. The van der Waals surface area contributed by atoms with Crippen LogP contribution < -0.4 is 0 Å². The molecule has 0 spiro atoms. The van der Waals surface area contributed by atoms with Crippen molar-refractivity contribution >= 4 is 17.6 Å². The molecule has 1 aliphatic rings. The fourth-order valence-electron chi connectivity index (χ4n) is 0.0962. The Balaban J connectivity index is 2.17. The molecule has 0 radical (unpaired) electrons. The maximum absolute atomic E-state index is 2.24. The molecule has 0 aromatic rings. The molecule has 4 heavy (non-hydrogen) atoms. The second-order valence-corrected chi connectivity index (χ2v) is 2.62. The molecule has 0 amide bonds. The summed E-state index contributed by atoms with van der Waals surface area (Å²) in [6, 6.07) is 0. The second-order valence-electron chi connectivity index (χ2n) is 1.14. The van der Waals surface area contributed by atoms with Crippen molar-refractivity contribution in [1.82, 2.24) is 0 Å². The molecule has 0 bridgehead atoms. The molecular weight excluding hydrogens is 66.9 g/mol. The summed E-state index contributed by atoms with van der Waals surface area (Å²) in [5.41, 5.74) is 1.40. The Labute approximate surface area is 30.9 Å². The summed E-state index contributed by atoms with van der Waals surface area (Å²) in [6.07, 6.45) is 0. The third kappa shape index (κ3) is 0.415. The largest absolute Gasteiger partial charge is 0.216 e. The predicted molar refractivity (Wildman–Crippen MR) is 24.1 cm³/mol. The smallest absolute Gasteiger partial charge is 0.214 e. The average molecular weight is 71.9 g/mol.